The van der Waals surface area contributed by atoms with E-state index >= 15 is 0 Å². The van der Waals surface area contributed by atoms with Gasteiger partial charge in [0.05, 0.1) is 0 Å². The fourth-order valence-corrected chi connectivity index (χ4v) is 5.12. The Kier molecular flexibility index (Phi) is 12.0. The highest BCUT2D eigenvalue weighted by atomic mass is 32.2. The van der Waals surface area contributed by atoms with E-state index in [0.717, 1.165) is 42.4 Å². The molecule has 206 valence electrons. The molecule has 2 atom stereocenters. The molecule has 0 spiro atoms. The van der Waals surface area contributed by atoms with Crippen LogP contribution < -0.4 is 10.6 Å². The topological polar surface area (TPSA) is 87.7 Å². The van der Waals surface area contributed by atoms with Crippen LogP contribution in [0, 0.1) is 13.8 Å². The lowest BCUT2D eigenvalue weighted by Gasteiger charge is -2.36. The van der Waals surface area contributed by atoms with Crippen molar-refractivity contribution in [3.63, 3.8) is 0 Å². The molecule has 3 amide bonds. The monoisotopic (exact) mass is 531 g/mol. The van der Waals surface area contributed by atoms with Crippen molar-refractivity contribution in [3.05, 3.63) is 47.5 Å². The summed E-state index contributed by atoms with van der Waals surface area (Å²) in [6.45, 7) is 13.3. The molecule has 2 unspecified atom stereocenters. The summed E-state index contributed by atoms with van der Waals surface area (Å²) in [5, 5.41) is 6.00. The van der Waals surface area contributed by atoms with Gasteiger partial charge in [-0.05, 0) is 82.6 Å². The maximum Gasteiger partial charge on any atom is 0.408 e. The minimum Gasteiger partial charge on any atom is -0.444 e. The Balaban J connectivity index is 2.46. The predicted octanol–water partition coefficient (Wildman–Crippen LogP) is 5.45. The summed E-state index contributed by atoms with van der Waals surface area (Å²) in [6, 6.07) is 4.25. The van der Waals surface area contributed by atoms with Gasteiger partial charge in [0.25, 0.3) is 0 Å². The first-order chi connectivity index (χ1) is 17.5. The van der Waals surface area contributed by atoms with E-state index in [4.69, 9.17) is 4.74 Å². The zero-order chi connectivity index (χ0) is 27.6. The Morgan fingerprint density at radius 3 is 2.46 bits per heavy atom. The van der Waals surface area contributed by atoms with Crippen LogP contribution in [0.15, 0.2) is 30.9 Å². The van der Waals surface area contributed by atoms with Crippen LogP contribution in [0.25, 0.3) is 0 Å². The number of alkyl carbamates (subject to hydrolysis) is 1. The van der Waals surface area contributed by atoms with E-state index in [-0.39, 0.29) is 24.4 Å². The van der Waals surface area contributed by atoms with Gasteiger partial charge in [0.1, 0.15) is 17.7 Å². The lowest BCUT2D eigenvalue weighted by atomic mass is 9.92. The average Bonchev–Trinajstić information content (AvgIpc) is 2.83. The second-order valence-corrected chi connectivity index (χ2v) is 11.8. The number of thioether (sulfide) groups is 1. The summed E-state index contributed by atoms with van der Waals surface area (Å²) >= 11 is 1.59. The maximum absolute atomic E-state index is 14.1. The van der Waals surface area contributed by atoms with Gasteiger partial charge in [0, 0.05) is 12.6 Å². The average molecular weight is 532 g/mol. The number of hydrogen-bond donors (Lipinski definition) is 2. The number of amides is 3. The molecule has 8 heteroatoms. The van der Waals surface area contributed by atoms with Crippen LogP contribution in [0.1, 0.15) is 82.0 Å². The molecule has 1 saturated carbocycles. The molecular weight excluding hydrogens is 486 g/mol. The fraction of sp³-hybridized carbons (Fsp3) is 0.621. The van der Waals surface area contributed by atoms with E-state index in [9.17, 15) is 14.4 Å². The third kappa shape index (κ3) is 9.40. The number of aryl methyl sites for hydroxylation is 1. The minimum absolute atomic E-state index is 0.0988. The number of nitrogens with zero attached hydrogens (tertiary/aromatic N) is 1. The second kappa shape index (κ2) is 14.5. The van der Waals surface area contributed by atoms with Crippen LogP contribution in [0.3, 0.4) is 0 Å². The molecule has 1 aromatic rings. The third-order valence-corrected chi connectivity index (χ3v) is 7.31. The first-order valence-corrected chi connectivity index (χ1v) is 14.6. The van der Waals surface area contributed by atoms with Gasteiger partial charge in [0.15, 0.2) is 0 Å². The first kappa shape index (κ1) is 30.7. The Labute approximate surface area is 227 Å². The quantitative estimate of drug-likeness (QED) is 0.371. The van der Waals surface area contributed by atoms with E-state index in [0.29, 0.717) is 12.2 Å². The Morgan fingerprint density at radius 2 is 1.86 bits per heavy atom. The molecule has 2 N–H and O–H groups in total. The van der Waals surface area contributed by atoms with Gasteiger partial charge < -0.3 is 20.3 Å². The van der Waals surface area contributed by atoms with Gasteiger partial charge in [0.2, 0.25) is 11.8 Å². The van der Waals surface area contributed by atoms with Crippen LogP contribution in [0.5, 0.6) is 0 Å². The number of rotatable bonds is 11. The zero-order valence-electron chi connectivity index (χ0n) is 23.4. The number of nitrogens with one attached hydrogen (secondary N) is 2. The van der Waals surface area contributed by atoms with Crippen LogP contribution in [-0.2, 0) is 14.3 Å². The summed E-state index contributed by atoms with van der Waals surface area (Å²) < 4.78 is 5.44. The van der Waals surface area contributed by atoms with Crippen LogP contribution in [0.4, 0.5) is 4.79 Å². The molecule has 1 aliphatic carbocycles. The predicted molar refractivity (Wildman–Crippen MR) is 152 cm³/mol. The van der Waals surface area contributed by atoms with Crippen molar-refractivity contribution < 1.29 is 19.1 Å². The molecule has 0 aromatic heterocycles. The standard InChI is InChI=1S/C29H45N3O4S/c1-8-18-32(27(34)24(17-19-37-7)31-28(35)36-29(4,5)6)25(23-16-12-13-20(2)21(23)3)26(33)30-22-14-10-9-11-15-22/h8,12-13,16,22,24-25H,1,9-11,14-15,17-19H2,2-7H3,(H,30,33)(H,31,35). The second-order valence-electron chi connectivity index (χ2n) is 10.8. The van der Waals surface area contributed by atoms with Gasteiger partial charge in [-0.1, -0.05) is 43.5 Å². The SMILES string of the molecule is C=CCN(C(=O)C(CCSC)NC(=O)OC(C)(C)C)C(C(=O)NC1CCCCC1)c1cccc(C)c1C. The van der Waals surface area contributed by atoms with Gasteiger partial charge >= 0.3 is 6.09 Å². The first-order valence-electron chi connectivity index (χ1n) is 13.2. The van der Waals surface area contributed by atoms with Crippen LogP contribution >= 0.6 is 11.8 Å². The van der Waals surface area contributed by atoms with Crippen molar-refractivity contribution in [2.75, 3.05) is 18.6 Å². The highest BCUT2D eigenvalue weighted by Crippen LogP contribution is 2.29. The molecule has 0 saturated heterocycles. The minimum atomic E-state index is -0.843. The Hall–Kier alpha value is -2.48. The molecule has 7 nitrogen and oxygen atoms in total. The Bertz CT molecular complexity index is 938. The molecule has 0 bridgehead atoms. The summed E-state index contributed by atoms with van der Waals surface area (Å²) in [5.41, 5.74) is 2.10. The molecule has 1 fully saturated rings. The normalized spacial score (nSPS) is 15.8. The summed E-state index contributed by atoms with van der Waals surface area (Å²) in [5.74, 6) is 0.137. The van der Waals surface area contributed by atoms with E-state index in [1.165, 1.54) is 6.42 Å². The Morgan fingerprint density at radius 1 is 1.19 bits per heavy atom. The van der Waals surface area contributed by atoms with E-state index < -0.39 is 23.8 Å². The molecule has 37 heavy (non-hydrogen) atoms. The van der Waals surface area contributed by atoms with Gasteiger partial charge in [-0.15, -0.1) is 6.58 Å². The van der Waals surface area contributed by atoms with E-state index in [2.05, 4.69) is 17.2 Å². The van der Waals surface area contributed by atoms with E-state index in [1.807, 2.05) is 38.3 Å². The molecule has 0 radical (unpaired) electrons. The number of carbonyl (C=O) groups excluding carboxylic acids is 3. The smallest absolute Gasteiger partial charge is 0.408 e. The van der Waals surface area contributed by atoms with Crippen molar-refractivity contribution >= 4 is 29.7 Å². The van der Waals surface area contributed by atoms with Gasteiger partial charge in [-0.25, -0.2) is 4.79 Å². The lowest BCUT2D eigenvalue weighted by molar-refractivity contribution is -0.142. The maximum atomic E-state index is 14.1. The van der Waals surface area contributed by atoms with Crippen molar-refractivity contribution in [3.8, 4) is 0 Å². The number of hydrogen-bond acceptors (Lipinski definition) is 5. The molecule has 0 aliphatic heterocycles. The largest absolute Gasteiger partial charge is 0.444 e. The number of benzene rings is 1. The zero-order valence-corrected chi connectivity index (χ0v) is 24.2. The molecule has 1 aliphatic rings. The van der Waals surface area contributed by atoms with E-state index in [1.54, 1.807) is 43.5 Å². The highest BCUT2D eigenvalue weighted by Gasteiger charge is 2.37. The molecule has 1 aromatic carbocycles. The summed E-state index contributed by atoms with van der Waals surface area (Å²) in [7, 11) is 0. The molecule has 0 heterocycles. The van der Waals surface area contributed by atoms with Crippen molar-refractivity contribution in [2.24, 2.45) is 0 Å². The van der Waals surface area contributed by atoms with Crippen molar-refractivity contribution in [1.82, 2.24) is 15.5 Å². The number of carbonyl (C=O) groups is 3. The van der Waals surface area contributed by atoms with Crippen LogP contribution in [-0.4, -0.2) is 59.0 Å². The molecular formula is C29H45N3O4S. The summed E-state index contributed by atoms with van der Waals surface area (Å²) in [6.07, 6.45) is 8.58. The molecule has 2 rings (SSSR count). The lowest BCUT2D eigenvalue weighted by Crippen LogP contribution is -2.54. The van der Waals surface area contributed by atoms with Crippen molar-refractivity contribution in [2.45, 2.75) is 96.9 Å². The van der Waals surface area contributed by atoms with Crippen molar-refractivity contribution in [1.29, 1.82) is 0 Å². The van der Waals surface area contributed by atoms with Gasteiger partial charge in [-0.3, -0.25) is 9.59 Å². The van der Waals surface area contributed by atoms with Crippen LogP contribution in [0.2, 0.25) is 0 Å². The van der Waals surface area contributed by atoms with Gasteiger partial charge in [-0.2, -0.15) is 11.8 Å². The highest BCUT2D eigenvalue weighted by molar-refractivity contribution is 7.98. The summed E-state index contributed by atoms with van der Waals surface area (Å²) in [4.78, 5) is 42.1. The third-order valence-electron chi connectivity index (χ3n) is 6.66. The number of ether oxygens (including phenoxy) is 1. The fourth-order valence-electron chi connectivity index (χ4n) is 4.65.